The molecule has 2 aliphatic rings. The molecule has 6 nitrogen and oxygen atoms in total. The molecule has 6 heteroatoms. The molecule has 1 aliphatic heterocycles. The number of aromatic nitrogens is 3. The van der Waals surface area contributed by atoms with Crippen LogP contribution in [0.25, 0.3) is 49.9 Å². The van der Waals surface area contributed by atoms with Gasteiger partial charge in [0.25, 0.3) is 0 Å². The Morgan fingerprint density at radius 2 is 1.14 bits per heavy atom. The van der Waals surface area contributed by atoms with Gasteiger partial charge in [0, 0.05) is 57.5 Å². The number of fused-ring (bicyclic) bond motifs is 4. The highest BCUT2D eigenvalue weighted by Gasteiger charge is 2.38. The molecule has 7 aromatic carbocycles. The summed E-state index contributed by atoms with van der Waals surface area (Å²) in [6.45, 7) is 0.573. The Morgan fingerprint density at radius 3 is 1.91 bits per heavy atom. The molecule has 12 rings (SSSR count). The Kier molecular flexibility index (Phi) is 9.29. The second kappa shape index (κ2) is 15.7. The van der Waals surface area contributed by atoms with Crippen molar-refractivity contribution in [2.24, 2.45) is 0 Å². The van der Waals surface area contributed by atoms with E-state index >= 15 is 0 Å². The largest absolute Gasteiger partial charge is 0.457 e. The number of anilines is 4. The van der Waals surface area contributed by atoms with Gasteiger partial charge < -0.3 is 14.5 Å². The van der Waals surface area contributed by atoms with Crippen molar-refractivity contribution < 1.29 is 4.74 Å². The number of hydrogen-bond acceptors (Lipinski definition) is 5. The second-order valence-electron chi connectivity index (χ2n) is 17.0. The molecule has 0 atom stereocenters. The molecule has 1 saturated carbocycles. The Balaban J connectivity index is 0.912. The van der Waals surface area contributed by atoms with E-state index in [0.717, 1.165) is 69.5 Å². The van der Waals surface area contributed by atoms with Crippen molar-refractivity contribution in [3.8, 4) is 39.6 Å². The Labute approximate surface area is 373 Å². The van der Waals surface area contributed by atoms with Crippen LogP contribution in [0.2, 0.25) is 0 Å². The Hall–Kier alpha value is -7.96. The van der Waals surface area contributed by atoms with Gasteiger partial charge in [0.15, 0.2) is 5.82 Å². The first kappa shape index (κ1) is 37.8. The Bertz CT molecular complexity index is 3250. The fourth-order valence-electron chi connectivity index (χ4n) is 10.5. The minimum Gasteiger partial charge on any atom is -0.457 e. The van der Waals surface area contributed by atoms with E-state index in [2.05, 4.69) is 202 Å². The molecule has 1 aliphatic carbocycles. The lowest BCUT2D eigenvalue weighted by Gasteiger charge is -2.31. The molecule has 4 heterocycles. The van der Waals surface area contributed by atoms with Crippen LogP contribution in [0.5, 0.6) is 11.5 Å². The number of hydrogen-bond donors (Lipinski definition) is 0. The van der Waals surface area contributed by atoms with Gasteiger partial charge in [0.05, 0.1) is 22.4 Å². The van der Waals surface area contributed by atoms with Gasteiger partial charge in [-0.15, -0.1) is 0 Å². The molecular formula is C58H45N5O. The molecule has 0 N–H and O–H groups in total. The van der Waals surface area contributed by atoms with Crippen LogP contribution < -0.4 is 14.5 Å². The van der Waals surface area contributed by atoms with Gasteiger partial charge in [-0.3, -0.25) is 4.57 Å². The number of nitrogens with zero attached hydrogens (tertiary/aromatic N) is 5. The van der Waals surface area contributed by atoms with Gasteiger partial charge in [-0.1, -0.05) is 146 Å². The first-order valence-corrected chi connectivity index (χ1v) is 22.3. The van der Waals surface area contributed by atoms with Gasteiger partial charge in [0.2, 0.25) is 0 Å². The van der Waals surface area contributed by atoms with Crippen LogP contribution in [0, 0.1) is 0 Å². The van der Waals surface area contributed by atoms with Crippen molar-refractivity contribution in [3.63, 3.8) is 0 Å². The summed E-state index contributed by atoms with van der Waals surface area (Å²) in [5, 5.41) is 2.35. The zero-order valence-electron chi connectivity index (χ0n) is 35.4. The van der Waals surface area contributed by atoms with Crippen molar-refractivity contribution in [1.29, 1.82) is 0 Å². The van der Waals surface area contributed by atoms with Crippen LogP contribution >= 0.6 is 0 Å². The smallest absolute Gasteiger partial charge is 0.158 e. The van der Waals surface area contributed by atoms with Crippen molar-refractivity contribution in [2.45, 2.75) is 31.1 Å². The van der Waals surface area contributed by atoms with Crippen LogP contribution in [-0.2, 0) is 5.41 Å². The van der Waals surface area contributed by atoms with E-state index in [1.165, 1.54) is 51.6 Å². The third-order valence-corrected chi connectivity index (χ3v) is 13.4. The standard InChI is InChI=1S/C58H45N5O/c1-4-17-41(18-5-1)48-26-15-27-49(42-19-6-2-7-20-42)56(48)62-40-61(57-53(62)29-16-35-60-57)45-23-14-24-46(38-45)64-47-30-31-51-50-25-10-11-28-52(50)63(54(51)39-47)55-37-44(32-36-59-55)58(33-12-13-34-58)43-21-8-3-9-22-43/h1-11,14-32,35-39H,12-13,33-34,40H2. The number of ether oxygens (including phenoxy) is 1. The number of para-hydroxylation sites is 2. The van der Waals surface area contributed by atoms with Gasteiger partial charge in [0.1, 0.15) is 24.0 Å². The maximum atomic E-state index is 6.81. The third-order valence-electron chi connectivity index (χ3n) is 13.4. The van der Waals surface area contributed by atoms with Crippen LogP contribution in [-0.4, -0.2) is 21.2 Å². The average Bonchev–Trinajstić information content (AvgIpc) is 4.10. The quantitative estimate of drug-likeness (QED) is 0.145. The molecule has 0 bridgehead atoms. The predicted octanol–water partition coefficient (Wildman–Crippen LogP) is 14.8. The Morgan fingerprint density at radius 1 is 0.469 bits per heavy atom. The molecule has 3 aromatic heterocycles. The maximum Gasteiger partial charge on any atom is 0.158 e. The molecular weight excluding hydrogens is 783 g/mol. The van der Waals surface area contributed by atoms with E-state index in [9.17, 15) is 0 Å². The van der Waals surface area contributed by atoms with Crippen LogP contribution in [0.3, 0.4) is 0 Å². The molecule has 0 radical (unpaired) electrons. The molecule has 308 valence electrons. The van der Waals surface area contributed by atoms with E-state index in [1.54, 1.807) is 0 Å². The zero-order valence-corrected chi connectivity index (χ0v) is 35.4. The molecule has 0 spiro atoms. The summed E-state index contributed by atoms with van der Waals surface area (Å²) in [7, 11) is 0. The lowest BCUT2D eigenvalue weighted by atomic mass is 9.73. The molecule has 0 amide bonds. The highest BCUT2D eigenvalue weighted by atomic mass is 16.5. The van der Waals surface area contributed by atoms with E-state index in [-0.39, 0.29) is 5.41 Å². The zero-order chi connectivity index (χ0) is 42.5. The fourth-order valence-corrected chi connectivity index (χ4v) is 10.5. The normalized spacial score (nSPS) is 14.3. The van der Waals surface area contributed by atoms with Crippen molar-refractivity contribution in [1.82, 2.24) is 14.5 Å². The van der Waals surface area contributed by atoms with Gasteiger partial charge in [-0.2, -0.15) is 0 Å². The maximum absolute atomic E-state index is 6.81. The van der Waals surface area contributed by atoms with E-state index < -0.39 is 0 Å². The fraction of sp³-hybridized carbons (Fsp3) is 0.103. The molecule has 10 aromatic rings. The summed E-state index contributed by atoms with van der Waals surface area (Å²) >= 11 is 0. The third kappa shape index (κ3) is 6.41. The summed E-state index contributed by atoms with van der Waals surface area (Å²) in [6, 6.07) is 71.2. The first-order valence-electron chi connectivity index (χ1n) is 22.3. The predicted molar refractivity (Wildman–Crippen MR) is 261 cm³/mol. The SMILES string of the molecule is c1ccc(-c2cccc(-c3ccccc3)c2N2CN(c3cccc(Oc4ccc5c6ccccc6n(-c6cc(C7(c8ccccc8)CCCC7)ccn6)c5c4)c3)c3ncccc32)cc1. The van der Waals surface area contributed by atoms with Crippen molar-refractivity contribution in [3.05, 3.63) is 224 Å². The van der Waals surface area contributed by atoms with Crippen molar-refractivity contribution >= 4 is 44.7 Å². The second-order valence-corrected chi connectivity index (χ2v) is 17.0. The highest BCUT2D eigenvalue weighted by Crippen LogP contribution is 2.50. The van der Waals surface area contributed by atoms with E-state index in [4.69, 9.17) is 14.7 Å². The van der Waals surface area contributed by atoms with Gasteiger partial charge in [-0.25, -0.2) is 9.97 Å². The monoisotopic (exact) mass is 827 g/mol. The molecule has 64 heavy (non-hydrogen) atoms. The number of pyridine rings is 2. The van der Waals surface area contributed by atoms with Crippen LogP contribution in [0.15, 0.2) is 213 Å². The van der Waals surface area contributed by atoms with E-state index in [1.807, 2.05) is 24.5 Å². The number of benzene rings is 7. The van der Waals surface area contributed by atoms with Gasteiger partial charge >= 0.3 is 0 Å². The van der Waals surface area contributed by atoms with Gasteiger partial charge in [-0.05, 0) is 89.7 Å². The summed E-state index contributed by atoms with van der Waals surface area (Å²) in [5.74, 6) is 3.32. The van der Waals surface area contributed by atoms with Crippen molar-refractivity contribution in [2.75, 3.05) is 16.5 Å². The molecule has 0 unspecified atom stereocenters. The average molecular weight is 828 g/mol. The van der Waals surface area contributed by atoms with Crippen LogP contribution in [0.4, 0.5) is 22.9 Å². The first-order chi connectivity index (χ1) is 31.7. The molecule has 1 fully saturated rings. The summed E-state index contributed by atoms with van der Waals surface area (Å²) in [4.78, 5) is 14.7. The highest BCUT2D eigenvalue weighted by molar-refractivity contribution is 6.09. The lowest BCUT2D eigenvalue weighted by Crippen LogP contribution is -2.25. The summed E-state index contributed by atoms with van der Waals surface area (Å²) in [5.41, 5.74) is 12.7. The lowest BCUT2D eigenvalue weighted by molar-refractivity contribution is 0.483. The van der Waals surface area contributed by atoms with Crippen LogP contribution in [0.1, 0.15) is 36.8 Å². The minimum atomic E-state index is -0.0190. The van der Waals surface area contributed by atoms with E-state index in [0.29, 0.717) is 6.67 Å². The summed E-state index contributed by atoms with van der Waals surface area (Å²) in [6.07, 6.45) is 8.59. The number of rotatable bonds is 9. The minimum absolute atomic E-state index is 0.0190. The topological polar surface area (TPSA) is 46.4 Å². The molecule has 0 saturated heterocycles. The summed E-state index contributed by atoms with van der Waals surface area (Å²) < 4.78 is 9.12.